The van der Waals surface area contributed by atoms with E-state index in [0.29, 0.717) is 6.04 Å². The van der Waals surface area contributed by atoms with Gasteiger partial charge >= 0.3 is 6.09 Å². The quantitative estimate of drug-likeness (QED) is 0.911. The first-order chi connectivity index (χ1) is 10.9. The zero-order chi connectivity index (χ0) is 16.4. The summed E-state index contributed by atoms with van der Waals surface area (Å²) in [4.78, 5) is 18.9. The van der Waals surface area contributed by atoms with Crippen molar-refractivity contribution in [2.45, 2.75) is 70.6 Å². The maximum atomic E-state index is 12.5. The van der Waals surface area contributed by atoms with Gasteiger partial charge in [0.05, 0.1) is 6.04 Å². The summed E-state index contributed by atoms with van der Waals surface area (Å²) in [5.74, 6) is 0.928. The second kappa shape index (κ2) is 6.38. The molecule has 23 heavy (non-hydrogen) atoms. The Morgan fingerprint density at radius 1 is 1.30 bits per heavy atom. The predicted molar refractivity (Wildman–Crippen MR) is 90.4 cm³/mol. The molecule has 5 nitrogen and oxygen atoms in total. The molecule has 0 spiro atoms. The van der Waals surface area contributed by atoms with E-state index in [0.717, 1.165) is 30.8 Å². The summed E-state index contributed by atoms with van der Waals surface area (Å²) in [6.07, 6.45) is 7.25. The van der Waals surface area contributed by atoms with Crippen LogP contribution in [-0.2, 0) is 4.74 Å². The van der Waals surface area contributed by atoms with Gasteiger partial charge in [-0.2, -0.15) is 0 Å². The third-order valence-electron chi connectivity index (χ3n) is 4.52. The minimum Gasteiger partial charge on any atom is -0.444 e. The van der Waals surface area contributed by atoms with Crippen molar-refractivity contribution in [1.82, 2.24) is 9.88 Å². The number of carbonyl (C=O) groups excluding carboxylic acids is 1. The topological polar surface area (TPSA) is 54.5 Å². The SMILES string of the molecule is CC(C)(C)OC(=O)N1CCCC1c1cccnc1NC1CCC1. The van der Waals surface area contributed by atoms with E-state index in [1.165, 1.54) is 19.3 Å². The lowest BCUT2D eigenvalue weighted by Gasteiger charge is -2.31. The van der Waals surface area contributed by atoms with Crippen molar-refractivity contribution in [2.75, 3.05) is 11.9 Å². The molecule has 1 atom stereocenters. The van der Waals surface area contributed by atoms with E-state index in [9.17, 15) is 4.79 Å². The van der Waals surface area contributed by atoms with Gasteiger partial charge < -0.3 is 15.0 Å². The lowest BCUT2D eigenvalue weighted by Crippen LogP contribution is -2.37. The van der Waals surface area contributed by atoms with Crippen molar-refractivity contribution < 1.29 is 9.53 Å². The highest BCUT2D eigenvalue weighted by Gasteiger charge is 2.35. The van der Waals surface area contributed by atoms with E-state index in [-0.39, 0.29) is 12.1 Å². The van der Waals surface area contributed by atoms with Crippen LogP contribution in [0.25, 0.3) is 0 Å². The highest BCUT2D eigenvalue weighted by atomic mass is 16.6. The highest BCUT2D eigenvalue weighted by Crippen LogP contribution is 2.37. The zero-order valence-corrected chi connectivity index (χ0v) is 14.3. The fraction of sp³-hybridized carbons (Fsp3) is 0.667. The van der Waals surface area contributed by atoms with E-state index in [1.807, 2.05) is 37.9 Å². The number of pyridine rings is 1. The lowest BCUT2D eigenvalue weighted by atomic mass is 9.92. The van der Waals surface area contributed by atoms with Crippen LogP contribution in [0.2, 0.25) is 0 Å². The summed E-state index contributed by atoms with van der Waals surface area (Å²) in [6.45, 7) is 6.47. The molecule has 2 fully saturated rings. The molecule has 5 heteroatoms. The molecule has 1 aliphatic carbocycles. The molecule has 1 aromatic heterocycles. The van der Waals surface area contributed by atoms with Crippen molar-refractivity contribution in [1.29, 1.82) is 0 Å². The van der Waals surface area contributed by atoms with Crippen LogP contribution in [-0.4, -0.2) is 34.2 Å². The third-order valence-corrected chi connectivity index (χ3v) is 4.52. The lowest BCUT2D eigenvalue weighted by molar-refractivity contribution is 0.0225. The summed E-state index contributed by atoms with van der Waals surface area (Å²) in [7, 11) is 0. The average Bonchev–Trinajstić information content (AvgIpc) is 2.91. The number of hydrogen-bond donors (Lipinski definition) is 1. The second-order valence-electron chi connectivity index (χ2n) is 7.55. The molecule has 1 amide bonds. The number of carbonyl (C=O) groups is 1. The Hall–Kier alpha value is -1.78. The van der Waals surface area contributed by atoms with Crippen LogP contribution >= 0.6 is 0 Å². The van der Waals surface area contributed by atoms with E-state index in [2.05, 4.69) is 16.4 Å². The summed E-state index contributed by atoms with van der Waals surface area (Å²) >= 11 is 0. The van der Waals surface area contributed by atoms with Gasteiger partial charge in [0.15, 0.2) is 0 Å². The molecule has 1 aromatic rings. The molecule has 0 bridgehead atoms. The third kappa shape index (κ3) is 3.77. The summed E-state index contributed by atoms with van der Waals surface area (Å²) < 4.78 is 5.57. The molecule has 2 aliphatic rings. The highest BCUT2D eigenvalue weighted by molar-refractivity contribution is 5.70. The molecule has 3 rings (SSSR count). The first-order valence-corrected chi connectivity index (χ1v) is 8.65. The number of hydrogen-bond acceptors (Lipinski definition) is 4. The number of aromatic nitrogens is 1. The maximum Gasteiger partial charge on any atom is 0.410 e. The van der Waals surface area contributed by atoms with Gasteiger partial charge in [-0.25, -0.2) is 9.78 Å². The second-order valence-corrected chi connectivity index (χ2v) is 7.55. The molecular formula is C18H27N3O2. The van der Waals surface area contributed by atoms with Gasteiger partial charge in [0, 0.05) is 24.3 Å². The smallest absolute Gasteiger partial charge is 0.410 e. The Bertz CT molecular complexity index is 564. The monoisotopic (exact) mass is 317 g/mol. The fourth-order valence-corrected chi connectivity index (χ4v) is 3.18. The van der Waals surface area contributed by atoms with Gasteiger partial charge in [0.2, 0.25) is 0 Å². The van der Waals surface area contributed by atoms with Crippen molar-refractivity contribution in [3.05, 3.63) is 23.9 Å². The standard InChI is InChI=1S/C18H27N3O2/c1-18(2,3)23-17(22)21-12-6-10-15(21)14-9-5-11-19-16(14)20-13-7-4-8-13/h5,9,11,13,15H,4,6-8,10,12H2,1-3H3,(H,19,20). The molecule has 2 heterocycles. The number of rotatable bonds is 3. The summed E-state index contributed by atoms with van der Waals surface area (Å²) in [6, 6.07) is 4.62. The molecule has 1 unspecified atom stereocenters. The molecule has 1 N–H and O–H groups in total. The number of ether oxygens (including phenoxy) is 1. The van der Waals surface area contributed by atoms with Gasteiger partial charge in [-0.05, 0) is 58.9 Å². The van der Waals surface area contributed by atoms with Crippen LogP contribution in [0.15, 0.2) is 18.3 Å². The van der Waals surface area contributed by atoms with Crippen LogP contribution in [0.3, 0.4) is 0 Å². The number of likely N-dealkylation sites (tertiary alicyclic amines) is 1. The van der Waals surface area contributed by atoms with E-state index in [4.69, 9.17) is 4.74 Å². The number of nitrogens with one attached hydrogen (secondary N) is 1. The van der Waals surface area contributed by atoms with E-state index < -0.39 is 5.60 Å². The Labute approximate surface area is 138 Å². The summed E-state index contributed by atoms with van der Waals surface area (Å²) in [5, 5.41) is 3.54. The largest absolute Gasteiger partial charge is 0.444 e. The van der Waals surface area contributed by atoms with Crippen LogP contribution in [0.5, 0.6) is 0 Å². The van der Waals surface area contributed by atoms with Crippen LogP contribution in [0.1, 0.15) is 64.5 Å². The first kappa shape index (κ1) is 16.1. The molecule has 0 radical (unpaired) electrons. The molecule has 126 valence electrons. The van der Waals surface area contributed by atoms with Gasteiger partial charge in [0.25, 0.3) is 0 Å². The molecule has 1 saturated heterocycles. The first-order valence-electron chi connectivity index (χ1n) is 8.65. The van der Waals surface area contributed by atoms with Crippen molar-refractivity contribution in [3.63, 3.8) is 0 Å². The average molecular weight is 317 g/mol. The Balaban J connectivity index is 1.78. The Kier molecular flexibility index (Phi) is 4.46. The minimum absolute atomic E-state index is 0.0566. The van der Waals surface area contributed by atoms with Crippen molar-refractivity contribution in [2.24, 2.45) is 0 Å². The van der Waals surface area contributed by atoms with Crippen molar-refractivity contribution in [3.8, 4) is 0 Å². The minimum atomic E-state index is -0.466. The fourth-order valence-electron chi connectivity index (χ4n) is 3.18. The van der Waals surface area contributed by atoms with Gasteiger partial charge in [-0.1, -0.05) is 6.07 Å². The number of amides is 1. The van der Waals surface area contributed by atoms with Crippen LogP contribution in [0, 0.1) is 0 Å². The number of nitrogens with zero attached hydrogens (tertiary/aromatic N) is 2. The van der Waals surface area contributed by atoms with Gasteiger partial charge in [0.1, 0.15) is 11.4 Å². The number of anilines is 1. The van der Waals surface area contributed by atoms with Gasteiger partial charge in [-0.3, -0.25) is 0 Å². The van der Waals surface area contributed by atoms with E-state index >= 15 is 0 Å². The van der Waals surface area contributed by atoms with Crippen LogP contribution < -0.4 is 5.32 Å². The van der Waals surface area contributed by atoms with Gasteiger partial charge in [-0.15, -0.1) is 0 Å². The van der Waals surface area contributed by atoms with E-state index in [1.54, 1.807) is 0 Å². The summed E-state index contributed by atoms with van der Waals surface area (Å²) in [5.41, 5.74) is 0.648. The van der Waals surface area contributed by atoms with Crippen molar-refractivity contribution >= 4 is 11.9 Å². The zero-order valence-electron chi connectivity index (χ0n) is 14.3. The molecule has 0 aromatic carbocycles. The maximum absolute atomic E-state index is 12.5. The normalized spacial score (nSPS) is 21.9. The molecular weight excluding hydrogens is 290 g/mol. The Morgan fingerprint density at radius 3 is 2.74 bits per heavy atom. The Morgan fingerprint density at radius 2 is 2.09 bits per heavy atom. The predicted octanol–water partition coefficient (Wildman–Crippen LogP) is 4.12. The van der Waals surface area contributed by atoms with Crippen LogP contribution in [0.4, 0.5) is 10.6 Å². The molecule has 1 aliphatic heterocycles. The molecule has 1 saturated carbocycles.